The van der Waals surface area contributed by atoms with Crippen LogP contribution >= 0.6 is 15.9 Å². The van der Waals surface area contributed by atoms with Crippen LogP contribution in [0.3, 0.4) is 0 Å². The number of carbonyl (C=O) groups excluding carboxylic acids is 1. The minimum Gasteiger partial charge on any atom is -0.337 e. The van der Waals surface area contributed by atoms with E-state index in [1.165, 1.54) is 12.8 Å². The third-order valence-electron chi connectivity index (χ3n) is 3.72. The van der Waals surface area contributed by atoms with Crippen molar-refractivity contribution in [2.75, 3.05) is 13.1 Å². The number of carbonyl (C=O) groups is 1. The van der Waals surface area contributed by atoms with E-state index >= 15 is 0 Å². The standard InChI is InChI=1S/C12H13BrN2O2/c1-7-8(4-9(13)10(16)14-7)11(17)15-5-12(6-15)2-3-12/h4H,2-3,5-6H2,1H3,(H,14,16). The second-order valence-electron chi connectivity index (χ2n) is 5.15. The Morgan fingerprint density at radius 1 is 1.47 bits per heavy atom. The van der Waals surface area contributed by atoms with Crippen molar-refractivity contribution in [2.45, 2.75) is 19.8 Å². The lowest BCUT2D eigenvalue weighted by Crippen LogP contribution is -2.51. The van der Waals surface area contributed by atoms with E-state index in [4.69, 9.17) is 0 Å². The highest BCUT2D eigenvalue weighted by atomic mass is 79.9. The first-order valence-corrected chi connectivity index (χ1v) is 6.49. The lowest BCUT2D eigenvalue weighted by atomic mass is 9.95. The second-order valence-corrected chi connectivity index (χ2v) is 6.00. The lowest BCUT2D eigenvalue weighted by Gasteiger charge is -2.40. The van der Waals surface area contributed by atoms with E-state index in [1.807, 2.05) is 4.90 Å². The van der Waals surface area contributed by atoms with Crippen molar-refractivity contribution >= 4 is 21.8 Å². The molecule has 90 valence electrons. The number of halogens is 1. The van der Waals surface area contributed by atoms with E-state index in [-0.39, 0.29) is 11.5 Å². The van der Waals surface area contributed by atoms with Crippen molar-refractivity contribution in [1.82, 2.24) is 9.88 Å². The fourth-order valence-electron chi connectivity index (χ4n) is 2.39. The van der Waals surface area contributed by atoms with Gasteiger partial charge in [-0.25, -0.2) is 0 Å². The van der Waals surface area contributed by atoms with Crippen molar-refractivity contribution in [3.63, 3.8) is 0 Å². The van der Waals surface area contributed by atoms with Crippen LogP contribution in [-0.2, 0) is 0 Å². The molecule has 2 fully saturated rings. The molecule has 2 aliphatic rings. The molecule has 5 heteroatoms. The highest BCUT2D eigenvalue weighted by molar-refractivity contribution is 9.10. The zero-order valence-corrected chi connectivity index (χ0v) is 11.1. The van der Waals surface area contributed by atoms with Crippen LogP contribution in [0.5, 0.6) is 0 Å². The van der Waals surface area contributed by atoms with Crippen molar-refractivity contribution in [3.8, 4) is 0 Å². The number of hydrogen-bond acceptors (Lipinski definition) is 2. The Balaban J connectivity index is 1.86. The highest BCUT2D eigenvalue weighted by Gasteiger charge is 2.53. The molecule has 1 saturated carbocycles. The monoisotopic (exact) mass is 296 g/mol. The summed E-state index contributed by atoms with van der Waals surface area (Å²) in [7, 11) is 0. The zero-order chi connectivity index (χ0) is 12.2. The Bertz CT molecular complexity index is 552. The number of nitrogens with one attached hydrogen (secondary N) is 1. The molecule has 1 aromatic heterocycles. The average Bonchev–Trinajstić information content (AvgIpc) is 3.00. The summed E-state index contributed by atoms with van der Waals surface area (Å²) in [4.78, 5) is 28.1. The molecule has 0 radical (unpaired) electrons. The van der Waals surface area contributed by atoms with Gasteiger partial charge in [0.15, 0.2) is 0 Å². The summed E-state index contributed by atoms with van der Waals surface area (Å²) >= 11 is 3.16. The Hall–Kier alpha value is -1.10. The largest absolute Gasteiger partial charge is 0.337 e. The van der Waals surface area contributed by atoms with Crippen LogP contribution < -0.4 is 5.56 Å². The number of aryl methyl sites for hydroxylation is 1. The molecule has 1 N–H and O–H groups in total. The summed E-state index contributed by atoms with van der Waals surface area (Å²) < 4.78 is 0.410. The van der Waals surface area contributed by atoms with Gasteiger partial charge in [0, 0.05) is 24.2 Å². The van der Waals surface area contributed by atoms with Crippen molar-refractivity contribution in [1.29, 1.82) is 0 Å². The number of amides is 1. The highest BCUT2D eigenvalue weighted by Crippen LogP contribution is 2.53. The van der Waals surface area contributed by atoms with Gasteiger partial charge in [-0.3, -0.25) is 9.59 Å². The molecule has 1 spiro atoms. The Kier molecular flexibility index (Phi) is 2.23. The van der Waals surface area contributed by atoms with Crippen molar-refractivity contribution in [3.05, 3.63) is 32.2 Å². The molecule has 1 aromatic rings. The molecule has 17 heavy (non-hydrogen) atoms. The van der Waals surface area contributed by atoms with E-state index in [0.29, 0.717) is 21.1 Å². The number of aromatic nitrogens is 1. The molecule has 0 atom stereocenters. The second kappa shape index (κ2) is 3.45. The minimum absolute atomic E-state index is 0.0250. The van der Waals surface area contributed by atoms with Crippen LogP contribution in [0.15, 0.2) is 15.3 Å². The molecular formula is C12H13BrN2O2. The molecule has 4 nitrogen and oxygen atoms in total. The van der Waals surface area contributed by atoms with Gasteiger partial charge < -0.3 is 9.88 Å². The van der Waals surface area contributed by atoms with Gasteiger partial charge in [-0.15, -0.1) is 0 Å². The number of hydrogen-bond donors (Lipinski definition) is 1. The maximum Gasteiger partial charge on any atom is 0.262 e. The van der Waals surface area contributed by atoms with E-state index in [2.05, 4.69) is 20.9 Å². The number of rotatable bonds is 1. The van der Waals surface area contributed by atoms with E-state index in [9.17, 15) is 9.59 Å². The summed E-state index contributed by atoms with van der Waals surface area (Å²) in [5.74, 6) is 0.0250. The van der Waals surface area contributed by atoms with Gasteiger partial charge >= 0.3 is 0 Å². The summed E-state index contributed by atoms with van der Waals surface area (Å²) in [5.41, 5.74) is 1.50. The molecule has 1 saturated heterocycles. The molecule has 0 aromatic carbocycles. The maximum atomic E-state index is 12.2. The smallest absolute Gasteiger partial charge is 0.262 e. The SMILES string of the molecule is Cc1[nH]c(=O)c(Br)cc1C(=O)N1CC2(CC2)C1. The van der Waals surface area contributed by atoms with Crippen LogP contribution in [0.1, 0.15) is 28.9 Å². The summed E-state index contributed by atoms with van der Waals surface area (Å²) in [5, 5.41) is 0. The number of nitrogens with zero attached hydrogens (tertiary/aromatic N) is 1. The van der Waals surface area contributed by atoms with Crippen molar-refractivity contribution < 1.29 is 4.79 Å². The van der Waals surface area contributed by atoms with Crippen LogP contribution in [0.4, 0.5) is 0 Å². The topological polar surface area (TPSA) is 53.2 Å². The zero-order valence-electron chi connectivity index (χ0n) is 9.55. The first kappa shape index (κ1) is 11.0. The third kappa shape index (κ3) is 1.73. The molecule has 1 aliphatic carbocycles. The molecule has 2 heterocycles. The van der Waals surface area contributed by atoms with Crippen LogP contribution in [0.2, 0.25) is 0 Å². The quantitative estimate of drug-likeness (QED) is 0.857. The van der Waals surface area contributed by atoms with Gasteiger partial charge in [0.2, 0.25) is 0 Å². The van der Waals surface area contributed by atoms with Crippen LogP contribution in [0.25, 0.3) is 0 Å². The lowest BCUT2D eigenvalue weighted by molar-refractivity contribution is 0.0441. The minimum atomic E-state index is -0.193. The van der Waals surface area contributed by atoms with Gasteiger partial charge in [0.25, 0.3) is 11.5 Å². The Morgan fingerprint density at radius 3 is 2.71 bits per heavy atom. The van der Waals surface area contributed by atoms with Crippen LogP contribution in [-0.4, -0.2) is 28.9 Å². The molecular weight excluding hydrogens is 284 g/mol. The van der Waals surface area contributed by atoms with E-state index in [1.54, 1.807) is 13.0 Å². The first-order valence-electron chi connectivity index (χ1n) is 5.69. The van der Waals surface area contributed by atoms with Crippen LogP contribution in [0, 0.1) is 12.3 Å². The average molecular weight is 297 g/mol. The molecule has 1 aliphatic heterocycles. The van der Waals surface area contributed by atoms with Gasteiger partial charge in [-0.2, -0.15) is 0 Å². The molecule has 3 rings (SSSR count). The van der Waals surface area contributed by atoms with Gasteiger partial charge in [-0.05, 0) is 41.8 Å². The third-order valence-corrected chi connectivity index (χ3v) is 4.31. The fraction of sp³-hybridized carbons (Fsp3) is 0.500. The maximum absolute atomic E-state index is 12.2. The number of likely N-dealkylation sites (tertiary alicyclic amines) is 1. The fourth-order valence-corrected chi connectivity index (χ4v) is 2.72. The molecule has 1 amide bonds. The van der Waals surface area contributed by atoms with Gasteiger partial charge in [-0.1, -0.05) is 0 Å². The predicted molar refractivity (Wildman–Crippen MR) is 67.1 cm³/mol. The Labute approximate surface area is 107 Å². The number of pyridine rings is 1. The van der Waals surface area contributed by atoms with Gasteiger partial charge in [0.05, 0.1) is 10.0 Å². The van der Waals surface area contributed by atoms with Crippen molar-refractivity contribution in [2.24, 2.45) is 5.41 Å². The summed E-state index contributed by atoms with van der Waals surface area (Å²) in [6, 6.07) is 1.62. The Morgan fingerprint density at radius 2 is 2.12 bits per heavy atom. The number of H-pyrrole nitrogens is 1. The molecule has 0 unspecified atom stereocenters. The van der Waals surface area contributed by atoms with Gasteiger partial charge in [0.1, 0.15) is 0 Å². The first-order chi connectivity index (χ1) is 8.01. The number of aromatic amines is 1. The predicted octanol–water partition coefficient (Wildman–Crippen LogP) is 1.68. The normalized spacial score (nSPS) is 20.2. The summed E-state index contributed by atoms with van der Waals surface area (Å²) in [6.07, 6.45) is 2.51. The summed E-state index contributed by atoms with van der Waals surface area (Å²) in [6.45, 7) is 3.51. The molecule has 0 bridgehead atoms. The van der Waals surface area contributed by atoms with E-state index < -0.39 is 0 Å². The van der Waals surface area contributed by atoms with E-state index in [0.717, 1.165) is 13.1 Å².